The molecule has 0 atom stereocenters. The number of halogens is 3. The zero-order chi connectivity index (χ0) is 11.7. The molecule has 0 unspecified atom stereocenters. The van der Waals surface area contributed by atoms with E-state index < -0.39 is 17.6 Å². The van der Waals surface area contributed by atoms with Crippen LogP contribution in [0.4, 0.5) is 13.2 Å². The average Bonchev–Trinajstić information content (AvgIpc) is 2.17. The van der Waals surface area contributed by atoms with Crippen LogP contribution in [-0.2, 0) is 16.5 Å². The number of methoxy groups -OCH3 is 1. The summed E-state index contributed by atoms with van der Waals surface area (Å²) in [6, 6.07) is 1.40. The van der Waals surface area contributed by atoms with Crippen LogP contribution < -0.4 is 0 Å². The molecule has 0 fully saturated rings. The summed E-state index contributed by atoms with van der Waals surface area (Å²) in [6.07, 6.45) is -3.45. The van der Waals surface area contributed by atoms with Gasteiger partial charge in [-0.15, -0.1) is 0 Å². The van der Waals surface area contributed by atoms with Gasteiger partial charge in [-0.05, 0) is 19.9 Å². The lowest BCUT2D eigenvalue weighted by Gasteiger charge is -2.22. The highest BCUT2D eigenvalue weighted by Crippen LogP contribution is 2.28. The van der Waals surface area contributed by atoms with Crippen LogP contribution in [0.3, 0.4) is 0 Å². The van der Waals surface area contributed by atoms with Crippen LogP contribution in [0, 0.1) is 0 Å². The van der Waals surface area contributed by atoms with E-state index in [2.05, 4.69) is 9.97 Å². The smallest absolute Gasteiger partial charge is 0.373 e. The Morgan fingerprint density at radius 1 is 1.27 bits per heavy atom. The fraction of sp³-hybridized carbons (Fsp3) is 0.556. The Morgan fingerprint density at radius 3 is 2.33 bits per heavy atom. The van der Waals surface area contributed by atoms with Crippen molar-refractivity contribution in [1.82, 2.24) is 9.97 Å². The number of rotatable bonds is 2. The largest absolute Gasteiger partial charge is 0.451 e. The molecule has 0 saturated carbocycles. The zero-order valence-electron chi connectivity index (χ0n) is 8.59. The van der Waals surface area contributed by atoms with E-state index in [1.807, 2.05) is 0 Å². The highest BCUT2D eigenvalue weighted by Gasteiger charge is 2.36. The standard InChI is InChI=1S/C9H11F3N2O/c1-8(2,15-3)6-4-5-13-7(14-6)9(10,11)12/h4-5H,1-3H3. The summed E-state index contributed by atoms with van der Waals surface area (Å²) in [5.74, 6) is -1.15. The van der Waals surface area contributed by atoms with E-state index >= 15 is 0 Å². The molecular formula is C9H11F3N2O. The van der Waals surface area contributed by atoms with E-state index in [0.29, 0.717) is 0 Å². The highest BCUT2D eigenvalue weighted by molar-refractivity contribution is 5.11. The van der Waals surface area contributed by atoms with Crippen molar-refractivity contribution >= 4 is 0 Å². The van der Waals surface area contributed by atoms with Crippen molar-refractivity contribution in [3.63, 3.8) is 0 Å². The van der Waals surface area contributed by atoms with Crippen molar-refractivity contribution in [2.75, 3.05) is 7.11 Å². The molecule has 0 aliphatic heterocycles. The number of alkyl halides is 3. The fourth-order valence-electron chi connectivity index (χ4n) is 0.935. The second-order valence-corrected chi connectivity index (χ2v) is 3.48. The second kappa shape index (κ2) is 3.77. The van der Waals surface area contributed by atoms with E-state index in [-0.39, 0.29) is 5.69 Å². The number of ether oxygens (including phenoxy) is 1. The molecule has 15 heavy (non-hydrogen) atoms. The fourth-order valence-corrected chi connectivity index (χ4v) is 0.935. The molecule has 0 radical (unpaired) electrons. The summed E-state index contributed by atoms with van der Waals surface area (Å²) in [5.41, 5.74) is -0.657. The molecule has 1 rings (SSSR count). The third-order valence-electron chi connectivity index (χ3n) is 2.04. The highest BCUT2D eigenvalue weighted by atomic mass is 19.4. The first-order chi connectivity index (χ1) is 6.77. The SMILES string of the molecule is COC(C)(C)c1ccnc(C(F)(F)F)n1. The van der Waals surface area contributed by atoms with E-state index in [9.17, 15) is 13.2 Å². The molecule has 0 bridgehead atoms. The molecule has 0 spiro atoms. The zero-order valence-corrected chi connectivity index (χ0v) is 8.59. The summed E-state index contributed by atoms with van der Waals surface area (Å²) in [5, 5.41) is 0. The van der Waals surface area contributed by atoms with E-state index in [1.165, 1.54) is 13.2 Å². The molecule has 0 aromatic carbocycles. The van der Waals surface area contributed by atoms with Crippen molar-refractivity contribution in [3.8, 4) is 0 Å². The van der Waals surface area contributed by atoms with Crippen LogP contribution in [0.2, 0.25) is 0 Å². The van der Waals surface area contributed by atoms with Gasteiger partial charge in [-0.1, -0.05) is 0 Å². The van der Waals surface area contributed by atoms with Gasteiger partial charge in [0.15, 0.2) is 0 Å². The van der Waals surface area contributed by atoms with Crippen molar-refractivity contribution in [3.05, 3.63) is 23.8 Å². The molecule has 0 saturated heterocycles. The predicted molar refractivity (Wildman–Crippen MR) is 47.1 cm³/mol. The first-order valence-electron chi connectivity index (χ1n) is 4.23. The molecule has 6 heteroatoms. The summed E-state index contributed by atoms with van der Waals surface area (Å²) in [4.78, 5) is 6.59. The van der Waals surface area contributed by atoms with Crippen LogP contribution in [-0.4, -0.2) is 17.1 Å². The number of aromatic nitrogens is 2. The Kier molecular flexibility index (Phi) is 2.99. The summed E-state index contributed by atoms with van der Waals surface area (Å²) >= 11 is 0. The van der Waals surface area contributed by atoms with Crippen molar-refractivity contribution < 1.29 is 17.9 Å². The normalized spacial score (nSPS) is 12.9. The summed E-state index contributed by atoms with van der Waals surface area (Å²) < 4.78 is 41.9. The van der Waals surface area contributed by atoms with E-state index in [4.69, 9.17) is 4.74 Å². The molecule has 1 heterocycles. The number of nitrogens with zero attached hydrogens (tertiary/aromatic N) is 2. The molecule has 0 N–H and O–H groups in total. The molecule has 0 aliphatic rings. The van der Waals surface area contributed by atoms with Crippen LogP contribution in [0.1, 0.15) is 25.4 Å². The van der Waals surface area contributed by atoms with Gasteiger partial charge in [0.2, 0.25) is 5.82 Å². The first kappa shape index (κ1) is 11.9. The average molecular weight is 220 g/mol. The Morgan fingerprint density at radius 2 is 1.87 bits per heavy atom. The van der Waals surface area contributed by atoms with Crippen molar-refractivity contribution in [2.45, 2.75) is 25.6 Å². The molecule has 3 nitrogen and oxygen atoms in total. The van der Waals surface area contributed by atoms with Crippen LogP contribution in [0.25, 0.3) is 0 Å². The first-order valence-corrected chi connectivity index (χ1v) is 4.23. The molecule has 1 aromatic heterocycles. The van der Waals surface area contributed by atoms with E-state index in [1.54, 1.807) is 13.8 Å². The van der Waals surface area contributed by atoms with Crippen LogP contribution >= 0.6 is 0 Å². The van der Waals surface area contributed by atoms with Gasteiger partial charge in [0, 0.05) is 13.3 Å². The Labute approximate surface area is 85.3 Å². The lowest BCUT2D eigenvalue weighted by atomic mass is 10.1. The number of hydrogen-bond acceptors (Lipinski definition) is 3. The monoisotopic (exact) mass is 220 g/mol. The maximum atomic E-state index is 12.3. The Balaban J connectivity index is 3.14. The van der Waals surface area contributed by atoms with Crippen LogP contribution in [0.5, 0.6) is 0 Å². The predicted octanol–water partition coefficient (Wildman–Crippen LogP) is 2.38. The van der Waals surface area contributed by atoms with Crippen LogP contribution in [0.15, 0.2) is 12.3 Å². The molecule has 1 aromatic rings. The van der Waals surface area contributed by atoms with Gasteiger partial charge < -0.3 is 4.74 Å². The third kappa shape index (κ3) is 2.65. The van der Waals surface area contributed by atoms with Gasteiger partial charge in [0.05, 0.1) is 5.69 Å². The minimum atomic E-state index is -4.53. The van der Waals surface area contributed by atoms with Crippen molar-refractivity contribution in [1.29, 1.82) is 0 Å². The Bertz CT molecular complexity index is 349. The van der Waals surface area contributed by atoms with E-state index in [0.717, 1.165) is 6.20 Å². The number of hydrogen-bond donors (Lipinski definition) is 0. The molecule has 84 valence electrons. The minimum absolute atomic E-state index is 0.201. The van der Waals surface area contributed by atoms with Gasteiger partial charge in [0.1, 0.15) is 5.60 Å². The minimum Gasteiger partial charge on any atom is -0.373 e. The van der Waals surface area contributed by atoms with Gasteiger partial charge in [0.25, 0.3) is 0 Å². The summed E-state index contributed by atoms with van der Waals surface area (Å²) in [7, 11) is 1.41. The quantitative estimate of drug-likeness (QED) is 0.767. The lowest BCUT2D eigenvalue weighted by molar-refractivity contribution is -0.145. The Hall–Kier alpha value is -1.17. The van der Waals surface area contributed by atoms with Gasteiger partial charge in [-0.25, -0.2) is 9.97 Å². The maximum Gasteiger partial charge on any atom is 0.451 e. The van der Waals surface area contributed by atoms with Gasteiger partial charge in [-0.3, -0.25) is 0 Å². The molecular weight excluding hydrogens is 209 g/mol. The van der Waals surface area contributed by atoms with Crippen molar-refractivity contribution in [2.24, 2.45) is 0 Å². The maximum absolute atomic E-state index is 12.3. The molecule has 0 amide bonds. The third-order valence-corrected chi connectivity index (χ3v) is 2.04. The molecule has 0 aliphatic carbocycles. The van der Waals surface area contributed by atoms with Gasteiger partial charge >= 0.3 is 6.18 Å². The lowest BCUT2D eigenvalue weighted by Crippen LogP contribution is -2.23. The van der Waals surface area contributed by atoms with Gasteiger partial charge in [-0.2, -0.15) is 13.2 Å². The topological polar surface area (TPSA) is 35.0 Å². The second-order valence-electron chi connectivity index (χ2n) is 3.48. The summed E-state index contributed by atoms with van der Waals surface area (Å²) in [6.45, 7) is 3.27.